The number of fused-ring (bicyclic) bond motifs is 1. The van der Waals surface area contributed by atoms with Crippen LogP contribution in [0.2, 0.25) is 0 Å². The minimum absolute atomic E-state index is 0.272. The minimum Gasteiger partial charge on any atom is -0.489 e. The molecule has 0 bridgehead atoms. The van der Waals surface area contributed by atoms with E-state index in [1.165, 1.54) is 16.3 Å². The third-order valence-electron chi connectivity index (χ3n) is 5.02. The number of unbranched alkanes of at least 4 members (excludes halogenated alkanes) is 2. The molecule has 0 aliphatic carbocycles. The average Bonchev–Trinajstić information content (AvgIpc) is 3.09. The second-order valence-corrected chi connectivity index (χ2v) is 8.29. The number of rotatable bonds is 8. The minimum atomic E-state index is -0.281. The van der Waals surface area contributed by atoms with Crippen LogP contribution in [0.4, 0.5) is 4.79 Å². The van der Waals surface area contributed by atoms with E-state index in [2.05, 4.69) is 47.8 Å². The molecular weight excluding hydrogens is 394 g/mol. The van der Waals surface area contributed by atoms with Crippen LogP contribution in [-0.2, 0) is 17.8 Å². The maximum absolute atomic E-state index is 11.5. The smallest absolute Gasteiger partial charge is 0.290 e. The Kier molecular flexibility index (Phi) is 6.50. The van der Waals surface area contributed by atoms with E-state index in [9.17, 15) is 9.59 Å². The van der Waals surface area contributed by atoms with Gasteiger partial charge in [-0.15, -0.1) is 0 Å². The molecule has 1 fully saturated rings. The highest BCUT2D eigenvalue weighted by Gasteiger charge is 2.24. The van der Waals surface area contributed by atoms with Gasteiger partial charge in [-0.1, -0.05) is 60.7 Å². The standard InChI is InChI=1S/C25H23NO3S/c27-24-23(30-25(28)26-24)10-6-2-3-7-18-11-12-21-16-22(14-13-20(21)15-18)29-17-19-8-4-1-5-9-19/h1,4-5,8-16H,2-3,6-7,17H2,(H,26,27,28). The number of amides is 2. The van der Waals surface area contributed by atoms with E-state index in [1.54, 1.807) is 0 Å². The Morgan fingerprint density at radius 3 is 2.47 bits per heavy atom. The zero-order chi connectivity index (χ0) is 20.8. The number of carbonyl (C=O) groups is 2. The number of ether oxygens (including phenoxy) is 1. The Hall–Kier alpha value is -3.05. The largest absolute Gasteiger partial charge is 0.489 e. The Bertz CT molecular complexity index is 1090. The van der Waals surface area contributed by atoms with E-state index in [0.29, 0.717) is 11.5 Å². The molecule has 4 nitrogen and oxygen atoms in total. The summed E-state index contributed by atoms with van der Waals surface area (Å²) in [5.41, 5.74) is 2.46. The van der Waals surface area contributed by atoms with Crippen LogP contribution in [0.3, 0.4) is 0 Å². The molecule has 0 radical (unpaired) electrons. The molecular formula is C25H23NO3S. The van der Waals surface area contributed by atoms with Crippen molar-refractivity contribution in [2.75, 3.05) is 0 Å². The summed E-state index contributed by atoms with van der Waals surface area (Å²) in [6.07, 6.45) is 5.67. The summed E-state index contributed by atoms with van der Waals surface area (Å²) in [5, 5.41) is 4.37. The predicted molar refractivity (Wildman–Crippen MR) is 121 cm³/mol. The second kappa shape index (κ2) is 9.63. The summed E-state index contributed by atoms with van der Waals surface area (Å²) < 4.78 is 5.92. The molecule has 1 N–H and O–H groups in total. The van der Waals surface area contributed by atoms with E-state index in [0.717, 1.165) is 48.8 Å². The van der Waals surface area contributed by atoms with E-state index < -0.39 is 0 Å². The first-order valence-corrected chi connectivity index (χ1v) is 10.9. The molecule has 5 heteroatoms. The molecule has 30 heavy (non-hydrogen) atoms. The molecule has 0 saturated carbocycles. The van der Waals surface area contributed by atoms with Gasteiger partial charge in [0.2, 0.25) is 0 Å². The lowest BCUT2D eigenvalue weighted by atomic mass is 10.0. The van der Waals surface area contributed by atoms with Gasteiger partial charge in [0.25, 0.3) is 11.1 Å². The molecule has 1 aliphatic rings. The molecule has 1 heterocycles. The number of hydrogen-bond donors (Lipinski definition) is 1. The van der Waals surface area contributed by atoms with Gasteiger partial charge in [-0.2, -0.15) is 0 Å². The van der Waals surface area contributed by atoms with Gasteiger partial charge >= 0.3 is 0 Å². The van der Waals surface area contributed by atoms with Crippen molar-refractivity contribution >= 4 is 33.7 Å². The Morgan fingerprint density at radius 2 is 1.67 bits per heavy atom. The van der Waals surface area contributed by atoms with Crippen LogP contribution < -0.4 is 10.1 Å². The molecule has 1 saturated heterocycles. The van der Waals surface area contributed by atoms with Crippen LogP contribution in [0.5, 0.6) is 5.75 Å². The summed E-state index contributed by atoms with van der Waals surface area (Å²) in [6, 6.07) is 22.9. The van der Waals surface area contributed by atoms with Crippen LogP contribution in [-0.4, -0.2) is 11.1 Å². The Labute approximate surface area is 180 Å². The van der Waals surface area contributed by atoms with Gasteiger partial charge in [-0.05, 0) is 71.5 Å². The fourth-order valence-corrected chi connectivity index (χ4v) is 4.11. The highest BCUT2D eigenvalue weighted by molar-refractivity contribution is 8.18. The lowest BCUT2D eigenvalue weighted by Crippen LogP contribution is -2.17. The van der Waals surface area contributed by atoms with Crippen LogP contribution in [0.25, 0.3) is 10.8 Å². The van der Waals surface area contributed by atoms with Crippen LogP contribution in [0, 0.1) is 0 Å². The number of nitrogens with one attached hydrogen (secondary N) is 1. The van der Waals surface area contributed by atoms with Gasteiger partial charge in [-0.25, -0.2) is 0 Å². The highest BCUT2D eigenvalue weighted by atomic mass is 32.2. The van der Waals surface area contributed by atoms with E-state index in [1.807, 2.05) is 30.3 Å². The molecule has 4 rings (SSSR count). The van der Waals surface area contributed by atoms with Crippen molar-refractivity contribution in [2.45, 2.75) is 32.3 Å². The summed E-state index contributed by atoms with van der Waals surface area (Å²) in [5.74, 6) is 0.603. The van der Waals surface area contributed by atoms with Crippen molar-refractivity contribution in [3.8, 4) is 5.75 Å². The first kappa shape index (κ1) is 20.2. The van der Waals surface area contributed by atoms with Gasteiger partial charge in [0.15, 0.2) is 0 Å². The second-order valence-electron chi connectivity index (χ2n) is 7.28. The maximum Gasteiger partial charge on any atom is 0.290 e. The van der Waals surface area contributed by atoms with Gasteiger partial charge in [0.05, 0.1) is 4.91 Å². The Balaban J connectivity index is 1.28. The number of carbonyl (C=O) groups excluding carboxylic acids is 2. The number of aryl methyl sites for hydroxylation is 1. The van der Waals surface area contributed by atoms with Gasteiger partial charge in [0.1, 0.15) is 12.4 Å². The number of hydrogen-bond acceptors (Lipinski definition) is 4. The SMILES string of the molecule is O=C1NC(=O)C(=CCCCCc2ccc3cc(OCc4ccccc4)ccc3c2)S1. The zero-order valence-electron chi connectivity index (χ0n) is 16.6. The van der Waals surface area contributed by atoms with Crippen molar-refractivity contribution in [1.82, 2.24) is 5.32 Å². The highest BCUT2D eigenvalue weighted by Crippen LogP contribution is 2.25. The van der Waals surface area contributed by atoms with Crippen LogP contribution in [0.15, 0.2) is 77.7 Å². The lowest BCUT2D eigenvalue weighted by molar-refractivity contribution is -0.115. The summed E-state index contributed by atoms with van der Waals surface area (Å²) in [6.45, 7) is 0.564. The summed E-state index contributed by atoms with van der Waals surface area (Å²) in [7, 11) is 0. The molecule has 3 aromatic carbocycles. The average molecular weight is 418 g/mol. The third-order valence-corrected chi connectivity index (χ3v) is 5.88. The van der Waals surface area contributed by atoms with E-state index in [-0.39, 0.29) is 11.1 Å². The summed E-state index contributed by atoms with van der Waals surface area (Å²) >= 11 is 0.984. The molecule has 0 atom stereocenters. The van der Waals surface area contributed by atoms with E-state index in [4.69, 9.17) is 4.74 Å². The predicted octanol–water partition coefficient (Wildman–Crippen LogP) is 6.00. The molecule has 152 valence electrons. The van der Waals surface area contributed by atoms with Gasteiger partial charge < -0.3 is 4.74 Å². The Morgan fingerprint density at radius 1 is 0.867 bits per heavy atom. The maximum atomic E-state index is 11.5. The molecule has 0 aromatic heterocycles. The van der Waals surface area contributed by atoms with E-state index >= 15 is 0 Å². The van der Waals surface area contributed by atoms with Gasteiger partial charge in [0, 0.05) is 0 Å². The molecule has 2 amide bonds. The van der Waals surface area contributed by atoms with Crippen LogP contribution >= 0.6 is 11.8 Å². The van der Waals surface area contributed by atoms with Crippen LogP contribution in [0.1, 0.15) is 30.4 Å². The zero-order valence-corrected chi connectivity index (χ0v) is 17.4. The third kappa shape index (κ3) is 5.30. The van der Waals surface area contributed by atoms with Crippen molar-refractivity contribution in [3.63, 3.8) is 0 Å². The fourth-order valence-electron chi connectivity index (χ4n) is 3.43. The number of thioether (sulfide) groups is 1. The van der Waals surface area contributed by atoms with Gasteiger partial charge in [-0.3, -0.25) is 14.9 Å². The molecule has 0 unspecified atom stereocenters. The topological polar surface area (TPSA) is 55.4 Å². The van der Waals surface area contributed by atoms with Crippen molar-refractivity contribution < 1.29 is 14.3 Å². The first-order chi connectivity index (χ1) is 14.7. The number of benzene rings is 3. The lowest BCUT2D eigenvalue weighted by Gasteiger charge is -2.09. The van der Waals surface area contributed by atoms with Crippen molar-refractivity contribution in [1.29, 1.82) is 0 Å². The molecule has 0 spiro atoms. The van der Waals surface area contributed by atoms with Crippen molar-refractivity contribution in [2.24, 2.45) is 0 Å². The first-order valence-electron chi connectivity index (χ1n) is 10.1. The van der Waals surface area contributed by atoms with Crippen molar-refractivity contribution in [3.05, 3.63) is 88.8 Å². The normalized spacial score (nSPS) is 15.0. The number of allylic oxidation sites excluding steroid dienone is 1. The monoisotopic (exact) mass is 417 g/mol. The fraction of sp³-hybridized carbons (Fsp3) is 0.200. The quantitative estimate of drug-likeness (QED) is 0.361. The molecule has 3 aromatic rings. The summed E-state index contributed by atoms with van der Waals surface area (Å²) in [4.78, 5) is 23.2. The molecule has 1 aliphatic heterocycles. The number of imide groups is 1.